The fourth-order valence-corrected chi connectivity index (χ4v) is 3.41. The largest absolute Gasteiger partial charge is 0.300 e. The Morgan fingerprint density at radius 1 is 1.00 bits per heavy atom. The van der Waals surface area contributed by atoms with Crippen molar-refractivity contribution in [2.24, 2.45) is 5.92 Å². The van der Waals surface area contributed by atoms with Crippen molar-refractivity contribution in [2.45, 2.75) is 51.0 Å². The highest BCUT2D eigenvalue weighted by Crippen LogP contribution is 2.44. The quantitative estimate of drug-likeness (QED) is 0.657. The summed E-state index contributed by atoms with van der Waals surface area (Å²) in [5.41, 5.74) is 1.50. The van der Waals surface area contributed by atoms with E-state index in [1.807, 2.05) is 0 Å². The van der Waals surface area contributed by atoms with Crippen molar-refractivity contribution in [3.05, 3.63) is 35.9 Å². The Morgan fingerprint density at radius 2 is 1.83 bits per heavy atom. The molecular weight excluding hydrogens is 218 g/mol. The number of likely N-dealkylation sites (tertiary alicyclic amines) is 1. The van der Waals surface area contributed by atoms with Gasteiger partial charge >= 0.3 is 0 Å². The number of fused-ring (bicyclic) bond motifs is 1. The predicted octanol–water partition coefficient (Wildman–Crippen LogP) is 3.88. The zero-order chi connectivity index (χ0) is 12.2. The summed E-state index contributed by atoms with van der Waals surface area (Å²) in [5.74, 6) is 1.10. The van der Waals surface area contributed by atoms with Crippen molar-refractivity contribution < 1.29 is 0 Å². The van der Waals surface area contributed by atoms with E-state index in [4.69, 9.17) is 0 Å². The summed E-state index contributed by atoms with van der Waals surface area (Å²) in [6, 6.07) is 11.9. The molecule has 98 valence electrons. The van der Waals surface area contributed by atoms with Crippen LogP contribution in [0.3, 0.4) is 0 Å². The summed E-state index contributed by atoms with van der Waals surface area (Å²) < 4.78 is 0. The first-order chi connectivity index (χ1) is 8.93. The number of aryl methyl sites for hydroxylation is 1. The van der Waals surface area contributed by atoms with Gasteiger partial charge in [0.05, 0.1) is 0 Å². The number of hydrogen-bond donors (Lipinski definition) is 0. The Kier molecular flexibility index (Phi) is 3.99. The number of nitrogens with zero attached hydrogens (tertiary/aromatic N) is 1. The van der Waals surface area contributed by atoms with E-state index in [0.717, 1.165) is 12.0 Å². The van der Waals surface area contributed by atoms with Gasteiger partial charge in [-0.15, -0.1) is 0 Å². The van der Waals surface area contributed by atoms with Crippen LogP contribution < -0.4 is 0 Å². The molecule has 2 fully saturated rings. The number of rotatable bonds is 7. The third-order valence-electron chi connectivity index (χ3n) is 4.64. The standard InChI is InChI=1S/C17H25N/c1(4-8-15-9-5-3-6-10-15)2-7-12-18-13-11-16-14-17(16)18/h3,5-6,9-10,16-17H,1-2,4,7-8,11-14H2. The molecule has 1 heterocycles. The number of unbranched alkanes of at least 4 members (excludes halogenated alkanes) is 3. The normalized spacial score (nSPS) is 26.2. The summed E-state index contributed by atoms with van der Waals surface area (Å²) in [5, 5.41) is 0. The molecule has 2 unspecified atom stereocenters. The zero-order valence-electron chi connectivity index (χ0n) is 11.4. The van der Waals surface area contributed by atoms with E-state index in [0.29, 0.717) is 0 Å². The maximum absolute atomic E-state index is 2.74. The highest BCUT2D eigenvalue weighted by Gasteiger charge is 2.45. The molecule has 2 aliphatic rings. The average Bonchev–Trinajstić information content (AvgIpc) is 3.09. The van der Waals surface area contributed by atoms with Gasteiger partial charge in [0, 0.05) is 6.04 Å². The van der Waals surface area contributed by atoms with Crippen LogP contribution in [0.5, 0.6) is 0 Å². The Hall–Kier alpha value is -0.820. The summed E-state index contributed by atoms with van der Waals surface area (Å²) >= 11 is 0. The highest BCUT2D eigenvalue weighted by atomic mass is 15.2. The number of hydrogen-bond acceptors (Lipinski definition) is 1. The lowest BCUT2D eigenvalue weighted by molar-refractivity contribution is 0.291. The van der Waals surface area contributed by atoms with E-state index >= 15 is 0 Å². The van der Waals surface area contributed by atoms with Crippen molar-refractivity contribution in [2.75, 3.05) is 13.1 Å². The molecule has 1 aliphatic heterocycles. The molecule has 0 bridgehead atoms. The van der Waals surface area contributed by atoms with E-state index in [1.54, 1.807) is 0 Å². The molecule has 0 aromatic heterocycles. The van der Waals surface area contributed by atoms with Crippen molar-refractivity contribution in [3.63, 3.8) is 0 Å². The highest BCUT2D eigenvalue weighted by molar-refractivity contribution is 5.14. The average molecular weight is 243 g/mol. The summed E-state index contributed by atoms with van der Waals surface area (Å²) in [6.07, 6.45) is 9.84. The molecule has 18 heavy (non-hydrogen) atoms. The van der Waals surface area contributed by atoms with Gasteiger partial charge < -0.3 is 4.90 Å². The minimum absolute atomic E-state index is 1.01. The first-order valence-electron chi connectivity index (χ1n) is 7.71. The maximum Gasteiger partial charge on any atom is 0.0128 e. The summed E-state index contributed by atoms with van der Waals surface area (Å²) in [7, 11) is 0. The molecule has 1 saturated heterocycles. The van der Waals surface area contributed by atoms with E-state index in [-0.39, 0.29) is 0 Å². The zero-order valence-corrected chi connectivity index (χ0v) is 11.4. The molecule has 2 atom stereocenters. The molecule has 0 radical (unpaired) electrons. The molecule has 1 nitrogen and oxygen atoms in total. The number of benzene rings is 1. The third-order valence-corrected chi connectivity index (χ3v) is 4.64. The van der Waals surface area contributed by atoms with Crippen LogP contribution in [0.15, 0.2) is 30.3 Å². The molecular formula is C17H25N. The predicted molar refractivity (Wildman–Crippen MR) is 76.7 cm³/mol. The van der Waals surface area contributed by atoms with Crippen LogP contribution in [0, 0.1) is 5.92 Å². The second-order valence-electron chi connectivity index (χ2n) is 6.04. The lowest BCUT2D eigenvalue weighted by Crippen LogP contribution is -2.24. The Balaban J connectivity index is 1.23. The second-order valence-corrected chi connectivity index (χ2v) is 6.04. The van der Waals surface area contributed by atoms with E-state index in [2.05, 4.69) is 35.2 Å². The fraction of sp³-hybridized carbons (Fsp3) is 0.647. The molecule has 1 aromatic carbocycles. The summed E-state index contributed by atoms with van der Waals surface area (Å²) in [4.78, 5) is 2.74. The smallest absolute Gasteiger partial charge is 0.0128 e. The Bertz CT molecular complexity index is 359. The fourth-order valence-electron chi connectivity index (χ4n) is 3.41. The topological polar surface area (TPSA) is 3.24 Å². The van der Waals surface area contributed by atoms with Crippen molar-refractivity contribution >= 4 is 0 Å². The van der Waals surface area contributed by atoms with E-state index in [1.165, 1.54) is 63.6 Å². The first-order valence-corrected chi connectivity index (χ1v) is 7.71. The van der Waals surface area contributed by atoms with E-state index < -0.39 is 0 Å². The second kappa shape index (κ2) is 5.88. The monoisotopic (exact) mass is 243 g/mol. The molecule has 1 heteroatoms. The molecule has 0 spiro atoms. The summed E-state index contributed by atoms with van der Waals surface area (Å²) in [6.45, 7) is 2.76. The van der Waals surface area contributed by atoms with Gasteiger partial charge in [0.2, 0.25) is 0 Å². The van der Waals surface area contributed by atoms with Gasteiger partial charge in [-0.1, -0.05) is 43.2 Å². The van der Waals surface area contributed by atoms with Gasteiger partial charge in [-0.2, -0.15) is 0 Å². The third kappa shape index (κ3) is 3.14. The molecule has 0 N–H and O–H groups in total. The van der Waals surface area contributed by atoms with E-state index in [9.17, 15) is 0 Å². The van der Waals surface area contributed by atoms with Crippen LogP contribution in [-0.2, 0) is 6.42 Å². The van der Waals surface area contributed by atoms with Gasteiger partial charge in [0.15, 0.2) is 0 Å². The first kappa shape index (κ1) is 12.2. The van der Waals surface area contributed by atoms with Gasteiger partial charge in [-0.25, -0.2) is 0 Å². The van der Waals surface area contributed by atoms with Crippen LogP contribution >= 0.6 is 0 Å². The minimum atomic E-state index is 1.01. The lowest BCUT2D eigenvalue weighted by atomic mass is 10.1. The van der Waals surface area contributed by atoms with Gasteiger partial charge in [0.25, 0.3) is 0 Å². The number of piperidine rings is 1. The van der Waals surface area contributed by atoms with Crippen LogP contribution in [-0.4, -0.2) is 24.0 Å². The molecule has 1 saturated carbocycles. The van der Waals surface area contributed by atoms with Crippen LogP contribution in [0.4, 0.5) is 0 Å². The molecule has 3 rings (SSSR count). The van der Waals surface area contributed by atoms with Gasteiger partial charge in [-0.05, 0) is 56.7 Å². The molecule has 1 aromatic rings. The maximum atomic E-state index is 2.74. The van der Waals surface area contributed by atoms with Crippen molar-refractivity contribution in [1.29, 1.82) is 0 Å². The van der Waals surface area contributed by atoms with Crippen LogP contribution in [0.2, 0.25) is 0 Å². The Morgan fingerprint density at radius 3 is 2.56 bits per heavy atom. The molecule has 1 aliphatic carbocycles. The SMILES string of the molecule is c1ccc(CCCCCCN2CCC3CC32)cc1. The Labute approximate surface area is 111 Å². The van der Waals surface area contributed by atoms with Gasteiger partial charge in [0.1, 0.15) is 0 Å². The van der Waals surface area contributed by atoms with Gasteiger partial charge in [-0.3, -0.25) is 0 Å². The minimum Gasteiger partial charge on any atom is -0.300 e. The molecule has 0 amide bonds. The van der Waals surface area contributed by atoms with Crippen LogP contribution in [0.25, 0.3) is 0 Å². The lowest BCUT2D eigenvalue weighted by Gasteiger charge is -2.16. The van der Waals surface area contributed by atoms with Crippen molar-refractivity contribution in [3.8, 4) is 0 Å². The van der Waals surface area contributed by atoms with Crippen molar-refractivity contribution in [1.82, 2.24) is 4.90 Å². The van der Waals surface area contributed by atoms with Crippen LogP contribution in [0.1, 0.15) is 44.1 Å².